The molecule has 90 valence electrons. The fraction of sp³-hybridized carbons (Fsp3) is 0.286. The maximum absolute atomic E-state index is 5.41. The van der Waals surface area contributed by atoms with Crippen LogP contribution < -0.4 is 10.1 Å². The van der Waals surface area contributed by atoms with Gasteiger partial charge in [0.05, 0.1) is 7.11 Å². The van der Waals surface area contributed by atoms with Gasteiger partial charge in [0, 0.05) is 17.7 Å². The van der Waals surface area contributed by atoms with Crippen molar-refractivity contribution in [3.05, 3.63) is 40.6 Å². The third kappa shape index (κ3) is 2.68. The molecular formula is C14H17NOS. The summed E-state index contributed by atoms with van der Waals surface area (Å²) < 4.78 is 5.41. The maximum atomic E-state index is 5.41. The smallest absolute Gasteiger partial charge is 0.126 e. The summed E-state index contributed by atoms with van der Waals surface area (Å²) in [7, 11) is 1.72. The molecule has 1 aromatic carbocycles. The van der Waals surface area contributed by atoms with Gasteiger partial charge in [0.15, 0.2) is 0 Å². The summed E-state index contributed by atoms with van der Waals surface area (Å²) in [4.78, 5) is 0. The van der Waals surface area contributed by atoms with E-state index in [0.29, 0.717) is 0 Å². The number of thiophene rings is 1. The number of nitrogens with one attached hydrogen (secondary N) is 1. The Morgan fingerprint density at radius 2 is 2.00 bits per heavy atom. The molecule has 0 fully saturated rings. The van der Waals surface area contributed by atoms with Gasteiger partial charge in [-0.1, -0.05) is 25.1 Å². The van der Waals surface area contributed by atoms with Gasteiger partial charge in [-0.25, -0.2) is 0 Å². The third-order valence-electron chi connectivity index (χ3n) is 2.70. The Bertz CT molecular complexity index is 479. The van der Waals surface area contributed by atoms with Crippen LogP contribution in [0.15, 0.2) is 35.0 Å². The van der Waals surface area contributed by atoms with Crippen molar-refractivity contribution in [2.75, 3.05) is 13.7 Å². The van der Waals surface area contributed by atoms with Gasteiger partial charge in [-0.05, 0) is 28.9 Å². The molecule has 0 saturated heterocycles. The van der Waals surface area contributed by atoms with E-state index in [0.717, 1.165) is 18.8 Å². The van der Waals surface area contributed by atoms with Gasteiger partial charge in [-0.2, -0.15) is 11.3 Å². The Labute approximate surface area is 106 Å². The summed E-state index contributed by atoms with van der Waals surface area (Å²) in [5.74, 6) is 0.934. The highest BCUT2D eigenvalue weighted by Crippen LogP contribution is 2.34. The molecule has 0 aliphatic carbocycles. The predicted molar refractivity (Wildman–Crippen MR) is 73.7 cm³/mol. The molecule has 1 aromatic heterocycles. The number of para-hydroxylation sites is 1. The zero-order valence-corrected chi connectivity index (χ0v) is 11.0. The number of benzene rings is 1. The lowest BCUT2D eigenvalue weighted by Crippen LogP contribution is -2.11. The summed E-state index contributed by atoms with van der Waals surface area (Å²) >= 11 is 1.74. The molecule has 0 amide bonds. The van der Waals surface area contributed by atoms with Crippen molar-refractivity contribution in [2.24, 2.45) is 0 Å². The van der Waals surface area contributed by atoms with Crippen LogP contribution in [0, 0.1) is 0 Å². The van der Waals surface area contributed by atoms with Crippen molar-refractivity contribution in [1.29, 1.82) is 0 Å². The van der Waals surface area contributed by atoms with Gasteiger partial charge < -0.3 is 10.1 Å². The van der Waals surface area contributed by atoms with Crippen LogP contribution in [0.5, 0.6) is 5.75 Å². The molecule has 2 aromatic rings. The molecular weight excluding hydrogens is 230 g/mol. The van der Waals surface area contributed by atoms with Crippen molar-refractivity contribution in [3.8, 4) is 16.9 Å². The predicted octanol–water partition coefficient (Wildman–Crippen LogP) is 3.53. The number of ether oxygens (including phenoxy) is 1. The van der Waals surface area contributed by atoms with Crippen molar-refractivity contribution in [2.45, 2.75) is 13.5 Å². The molecule has 2 rings (SSSR count). The molecule has 0 aliphatic heterocycles. The Morgan fingerprint density at radius 1 is 1.18 bits per heavy atom. The fourth-order valence-corrected chi connectivity index (χ4v) is 2.68. The van der Waals surface area contributed by atoms with E-state index in [4.69, 9.17) is 4.74 Å². The summed E-state index contributed by atoms with van der Waals surface area (Å²) in [5.41, 5.74) is 3.78. The van der Waals surface area contributed by atoms with E-state index in [1.54, 1.807) is 18.4 Å². The van der Waals surface area contributed by atoms with Crippen LogP contribution in [-0.4, -0.2) is 13.7 Å². The highest BCUT2D eigenvalue weighted by molar-refractivity contribution is 7.08. The first-order chi connectivity index (χ1) is 8.36. The topological polar surface area (TPSA) is 21.3 Å². The Balaban J connectivity index is 2.35. The average molecular weight is 247 g/mol. The maximum Gasteiger partial charge on any atom is 0.126 e. The molecule has 1 heterocycles. The second-order valence-corrected chi connectivity index (χ2v) is 4.53. The highest BCUT2D eigenvalue weighted by atomic mass is 32.1. The fourth-order valence-electron chi connectivity index (χ4n) is 1.82. The molecule has 17 heavy (non-hydrogen) atoms. The minimum Gasteiger partial charge on any atom is -0.496 e. The van der Waals surface area contributed by atoms with Crippen LogP contribution in [0.2, 0.25) is 0 Å². The standard InChI is InChI=1S/C14H17NOS/c1-3-15-8-11-9-17-10-13(11)12-6-4-5-7-14(12)16-2/h4-7,9-10,15H,3,8H2,1-2H3. The van der Waals surface area contributed by atoms with Crippen molar-refractivity contribution in [1.82, 2.24) is 5.32 Å². The van der Waals surface area contributed by atoms with Crippen LogP contribution in [0.3, 0.4) is 0 Å². The summed E-state index contributed by atoms with van der Waals surface area (Å²) in [6.07, 6.45) is 0. The molecule has 2 nitrogen and oxygen atoms in total. The van der Waals surface area contributed by atoms with E-state index in [9.17, 15) is 0 Å². The van der Waals surface area contributed by atoms with E-state index in [1.807, 2.05) is 18.2 Å². The monoisotopic (exact) mass is 247 g/mol. The first kappa shape index (κ1) is 12.1. The largest absolute Gasteiger partial charge is 0.496 e. The first-order valence-electron chi connectivity index (χ1n) is 5.76. The van der Waals surface area contributed by atoms with Gasteiger partial charge in [0.2, 0.25) is 0 Å². The molecule has 0 saturated carbocycles. The minimum atomic E-state index is 0.910. The number of hydrogen-bond acceptors (Lipinski definition) is 3. The number of methoxy groups -OCH3 is 1. The Morgan fingerprint density at radius 3 is 2.76 bits per heavy atom. The van der Waals surface area contributed by atoms with Crippen LogP contribution in [0.1, 0.15) is 12.5 Å². The van der Waals surface area contributed by atoms with Crippen LogP contribution in [-0.2, 0) is 6.54 Å². The van der Waals surface area contributed by atoms with Gasteiger partial charge >= 0.3 is 0 Å². The van der Waals surface area contributed by atoms with E-state index in [1.165, 1.54) is 16.7 Å². The minimum absolute atomic E-state index is 0.910. The number of hydrogen-bond donors (Lipinski definition) is 1. The highest BCUT2D eigenvalue weighted by Gasteiger charge is 2.10. The van der Waals surface area contributed by atoms with E-state index in [-0.39, 0.29) is 0 Å². The molecule has 1 N–H and O–H groups in total. The molecule has 0 bridgehead atoms. The molecule has 0 atom stereocenters. The van der Waals surface area contributed by atoms with E-state index in [2.05, 4.69) is 29.1 Å². The SMILES string of the molecule is CCNCc1cscc1-c1ccccc1OC. The van der Waals surface area contributed by atoms with Crippen molar-refractivity contribution in [3.63, 3.8) is 0 Å². The second kappa shape index (κ2) is 5.84. The third-order valence-corrected chi connectivity index (χ3v) is 3.50. The summed E-state index contributed by atoms with van der Waals surface area (Å²) in [6, 6.07) is 8.16. The zero-order valence-electron chi connectivity index (χ0n) is 10.2. The lowest BCUT2D eigenvalue weighted by atomic mass is 10.0. The average Bonchev–Trinajstić information content (AvgIpc) is 2.84. The van der Waals surface area contributed by atoms with Crippen LogP contribution in [0.25, 0.3) is 11.1 Å². The van der Waals surface area contributed by atoms with E-state index >= 15 is 0 Å². The lowest BCUT2D eigenvalue weighted by molar-refractivity contribution is 0.416. The van der Waals surface area contributed by atoms with Gasteiger partial charge in [0.25, 0.3) is 0 Å². The summed E-state index contributed by atoms with van der Waals surface area (Å²) in [5, 5.41) is 7.75. The normalized spacial score (nSPS) is 10.5. The van der Waals surface area contributed by atoms with E-state index < -0.39 is 0 Å². The van der Waals surface area contributed by atoms with Gasteiger partial charge in [0.1, 0.15) is 5.75 Å². The van der Waals surface area contributed by atoms with Crippen molar-refractivity contribution < 1.29 is 4.74 Å². The molecule has 0 aliphatic rings. The lowest BCUT2D eigenvalue weighted by Gasteiger charge is -2.09. The molecule has 0 spiro atoms. The molecule has 3 heteroatoms. The summed E-state index contributed by atoms with van der Waals surface area (Å²) in [6.45, 7) is 4.02. The Kier molecular flexibility index (Phi) is 4.18. The van der Waals surface area contributed by atoms with Crippen LogP contribution >= 0.6 is 11.3 Å². The van der Waals surface area contributed by atoms with Gasteiger partial charge in [-0.3, -0.25) is 0 Å². The zero-order chi connectivity index (χ0) is 12.1. The molecule has 0 radical (unpaired) electrons. The van der Waals surface area contributed by atoms with Crippen molar-refractivity contribution >= 4 is 11.3 Å². The van der Waals surface area contributed by atoms with Crippen LogP contribution in [0.4, 0.5) is 0 Å². The van der Waals surface area contributed by atoms with Gasteiger partial charge in [-0.15, -0.1) is 0 Å². The Hall–Kier alpha value is -1.32. The number of rotatable bonds is 5. The molecule has 0 unspecified atom stereocenters. The first-order valence-corrected chi connectivity index (χ1v) is 6.70. The quantitative estimate of drug-likeness (QED) is 0.872. The second-order valence-electron chi connectivity index (χ2n) is 3.79.